The smallest absolute Gasteiger partial charge is 0.0863 e. The fourth-order valence-electron chi connectivity index (χ4n) is 1.97. The Bertz CT molecular complexity index is 395. The molecule has 0 radical (unpaired) electrons. The van der Waals surface area contributed by atoms with E-state index in [4.69, 9.17) is 11.6 Å². The van der Waals surface area contributed by atoms with Gasteiger partial charge in [-0.15, -0.1) is 0 Å². The predicted octanol–water partition coefficient (Wildman–Crippen LogP) is 1.34. The van der Waals surface area contributed by atoms with Gasteiger partial charge < -0.3 is 15.5 Å². The lowest BCUT2D eigenvalue weighted by Gasteiger charge is -2.30. The molecule has 0 amide bonds. The van der Waals surface area contributed by atoms with E-state index in [2.05, 4.69) is 10.4 Å². The number of aromatic nitrogens is 2. The summed E-state index contributed by atoms with van der Waals surface area (Å²) in [4.78, 5) is 0. The predicted molar refractivity (Wildman–Crippen MR) is 76.3 cm³/mol. The number of nitrogens with one attached hydrogen (secondary N) is 1. The second-order valence-corrected chi connectivity index (χ2v) is 5.06. The van der Waals surface area contributed by atoms with Crippen molar-refractivity contribution in [2.45, 2.75) is 52.2 Å². The largest absolute Gasteiger partial charge is 0.394 e. The van der Waals surface area contributed by atoms with Crippen LogP contribution in [0.5, 0.6) is 0 Å². The Kier molecular flexibility index (Phi) is 6.26. The molecule has 1 rings (SSSR count). The molecule has 1 aromatic heterocycles. The number of hydrogen-bond acceptors (Lipinski definition) is 4. The summed E-state index contributed by atoms with van der Waals surface area (Å²) in [6.07, 6.45) is 1.43. The number of aliphatic hydroxyl groups is 2. The summed E-state index contributed by atoms with van der Waals surface area (Å²) in [5.74, 6) is 0. The molecule has 0 spiro atoms. The zero-order chi connectivity index (χ0) is 14.5. The first-order valence-corrected chi connectivity index (χ1v) is 7.16. The van der Waals surface area contributed by atoms with Gasteiger partial charge in [0.15, 0.2) is 0 Å². The van der Waals surface area contributed by atoms with Crippen LogP contribution in [0.25, 0.3) is 0 Å². The lowest BCUT2D eigenvalue weighted by molar-refractivity contribution is 0.0858. The zero-order valence-electron chi connectivity index (χ0n) is 11.9. The topological polar surface area (TPSA) is 70.3 Å². The van der Waals surface area contributed by atoms with Crippen LogP contribution < -0.4 is 5.32 Å². The van der Waals surface area contributed by atoms with E-state index in [-0.39, 0.29) is 13.2 Å². The van der Waals surface area contributed by atoms with Crippen molar-refractivity contribution in [3.8, 4) is 0 Å². The molecule has 0 aliphatic heterocycles. The van der Waals surface area contributed by atoms with Gasteiger partial charge in [-0.2, -0.15) is 5.10 Å². The van der Waals surface area contributed by atoms with E-state index in [0.29, 0.717) is 18.0 Å². The molecular formula is C13H24ClN3O2. The van der Waals surface area contributed by atoms with Gasteiger partial charge in [-0.1, -0.05) is 25.4 Å². The summed E-state index contributed by atoms with van der Waals surface area (Å²) in [5, 5.41) is 27.2. The minimum absolute atomic E-state index is 0.113. The first-order valence-electron chi connectivity index (χ1n) is 6.78. The fraction of sp³-hybridized carbons (Fsp3) is 0.769. The molecule has 0 aromatic carbocycles. The number of aliphatic hydroxyl groups excluding tert-OH is 2. The quantitative estimate of drug-likeness (QED) is 0.675. The van der Waals surface area contributed by atoms with Gasteiger partial charge in [0.2, 0.25) is 0 Å². The molecule has 0 saturated carbocycles. The SMILES string of the molecule is CCc1nn(CC)c(CNC(CC)(CO)CO)c1Cl. The third-order valence-corrected chi connectivity index (χ3v) is 4.04. The van der Waals surface area contributed by atoms with Crippen LogP contribution >= 0.6 is 11.6 Å². The van der Waals surface area contributed by atoms with E-state index in [1.54, 1.807) is 0 Å². The Balaban J connectivity index is 2.90. The molecule has 1 heterocycles. The van der Waals surface area contributed by atoms with E-state index in [0.717, 1.165) is 24.4 Å². The molecule has 110 valence electrons. The van der Waals surface area contributed by atoms with E-state index < -0.39 is 5.54 Å². The van der Waals surface area contributed by atoms with E-state index in [1.807, 2.05) is 25.5 Å². The maximum atomic E-state index is 9.42. The minimum Gasteiger partial charge on any atom is -0.394 e. The van der Waals surface area contributed by atoms with Crippen molar-refractivity contribution in [3.05, 3.63) is 16.4 Å². The molecule has 0 aliphatic rings. The molecule has 0 unspecified atom stereocenters. The molecule has 3 N–H and O–H groups in total. The third kappa shape index (κ3) is 3.48. The van der Waals surface area contributed by atoms with E-state index in [1.165, 1.54) is 0 Å². The zero-order valence-corrected chi connectivity index (χ0v) is 12.7. The van der Waals surface area contributed by atoms with Crippen LogP contribution in [0.15, 0.2) is 0 Å². The number of halogens is 1. The van der Waals surface area contributed by atoms with Crippen molar-refractivity contribution < 1.29 is 10.2 Å². The van der Waals surface area contributed by atoms with Gasteiger partial charge in [-0.25, -0.2) is 0 Å². The lowest BCUT2D eigenvalue weighted by atomic mass is 9.98. The number of hydrogen-bond donors (Lipinski definition) is 3. The van der Waals surface area contributed by atoms with Crippen molar-refractivity contribution in [2.24, 2.45) is 0 Å². The van der Waals surface area contributed by atoms with Crippen LogP contribution in [0.3, 0.4) is 0 Å². The van der Waals surface area contributed by atoms with E-state index in [9.17, 15) is 10.2 Å². The Labute approximate surface area is 119 Å². The molecular weight excluding hydrogens is 266 g/mol. The molecule has 0 bridgehead atoms. The number of rotatable bonds is 8. The first kappa shape index (κ1) is 16.4. The molecule has 6 heteroatoms. The highest BCUT2D eigenvalue weighted by Crippen LogP contribution is 2.22. The Hall–Kier alpha value is -0.620. The van der Waals surface area contributed by atoms with Crippen LogP contribution in [0.2, 0.25) is 5.02 Å². The highest BCUT2D eigenvalue weighted by Gasteiger charge is 2.27. The molecule has 0 atom stereocenters. The molecule has 5 nitrogen and oxygen atoms in total. The Morgan fingerprint density at radius 3 is 2.32 bits per heavy atom. The summed E-state index contributed by atoms with van der Waals surface area (Å²) in [6, 6.07) is 0. The maximum absolute atomic E-state index is 9.42. The average Bonchev–Trinajstić information content (AvgIpc) is 2.77. The van der Waals surface area contributed by atoms with Crippen molar-refractivity contribution in [1.29, 1.82) is 0 Å². The second kappa shape index (κ2) is 7.24. The number of nitrogens with zero attached hydrogens (tertiary/aromatic N) is 2. The van der Waals surface area contributed by atoms with Gasteiger partial charge in [0.25, 0.3) is 0 Å². The summed E-state index contributed by atoms with van der Waals surface area (Å²) in [5.41, 5.74) is 1.12. The Morgan fingerprint density at radius 1 is 1.26 bits per heavy atom. The highest BCUT2D eigenvalue weighted by molar-refractivity contribution is 6.31. The van der Waals surface area contributed by atoms with Crippen molar-refractivity contribution in [2.75, 3.05) is 13.2 Å². The monoisotopic (exact) mass is 289 g/mol. The van der Waals surface area contributed by atoms with Crippen molar-refractivity contribution in [1.82, 2.24) is 15.1 Å². The third-order valence-electron chi connectivity index (χ3n) is 3.61. The van der Waals surface area contributed by atoms with Gasteiger partial charge in [-0.3, -0.25) is 4.68 Å². The van der Waals surface area contributed by atoms with Crippen molar-refractivity contribution >= 4 is 11.6 Å². The summed E-state index contributed by atoms with van der Waals surface area (Å²) in [7, 11) is 0. The normalized spacial score (nSPS) is 12.1. The van der Waals surface area contributed by atoms with Crippen molar-refractivity contribution in [3.63, 3.8) is 0 Å². The van der Waals surface area contributed by atoms with Crippen LogP contribution in [0, 0.1) is 0 Å². The number of aryl methyl sites for hydroxylation is 2. The average molecular weight is 290 g/mol. The summed E-state index contributed by atoms with van der Waals surface area (Å²) in [6.45, 7) is 6.95. The standard InChI is InChI=1S/C13H24ClN3O2/c1-4-10-12(14)11(17(6-3)16-10)7-15-13(5-2,8-18)9-19/h15,18-19H,4-9H2,1-3H3. The maximum Gasteiger partial charge on any atom is 0.0863 e. The molecule has 0 aliphatic carbocycles. The highest BCUT2D eigenvalue weighted by atomic mass is 35.5. The Morgan fingerprint density at radius 2 is 1.89 bits per heavy atom. The fourth-order valence-corrected chi connectivity index (χ4v) is 2.30. The van der Waals surface area contributed by atoms with Gasteiger partial charge in [0.1, 0.15) is 0 Å². The van der Waals surface area contributed by atoms with E-state index >= 15 is 0 Å². The van der Waals surface area contributed by atoms with Gasteiger partial charge in [0, 0.05) is 13.1 Å². The molecule has 0 saturated heterocycles. The molecule has 1 aromatic rings. The summed E-state index contributed by atoms with van der Waals surface area (Å²) >= 11 is 6.32. The molecule has 19 heavy (non-hydrogen) atoms. The van der Waals surface area contributed by atoms with Crippen LogP contribution in [0.4, 0.5) is 0 Å². The van der Waals surface area contributed by atoms with Gasteiger partial charge in [0.05, 0.1) is 35.2 Å². The van der Waals surface area contributed by atoms with Crippen LogP contribution in [0.1, 0.15) is 38.6 Å². The van der Waals surface area contributed by atoms with Gasteiger partial charge >= 0.3 is 0 Å². The summed E-state index contributed by atoms with van der Waals surface area (Å²) < 4.78 is 1.86. The first-order chi connectivity index (χ1) is 9.07. The van der Waals surface area contributed by atoms with Crippen LogP contribution in [-0.2, 0) is 19.5 Å². The molecule has 0 fully saturated rings. The minimum atomic E-state index is -0.668. The second-order valence-electron chi connectivity index (χ2n) is 4.68. The lowest BCUT2D eigenvalue weighted by Crippen LogP contribution is -2.51. The van der Waals surface area contributed by atoms with Gasteiger partial charge in [-0.05, 0) is 19.8 Å². The van der Waals surface area contributed by atoms with Crippen LogP contribution in [-0.4, -0.2) is 38.7 Å².